The van der Waals surface area contributed by atoms with Crippen molar-refractivity contribution in [1.82, 2.24) is 4.90 Å². The zero-order valence-electron chi connectivity index (χ0n) is 22.2. The molecule has 2 aromatic carbocycles. The zero-order chi connectivity index (χ0) is 26.8. The highest BCUT2D eigenvalue weighted by Gasteiger charge is 2.31. The molecule has 2 aromatic rings. The lowest BCUT2D eigenvalue weighted by Gasteiger charge is -2.36. The van der Waals surface area contributed by atoms with Gasteiger partial charge >= 0.3 is 6.09 Å². The number of ether oxygens (including phenoxy) is 1. The van der Waals surface area contributed by atoms with Gasteiger partial charge in [-0.15, -0.1) is 0 Å². The van der Waals surface area contributed by atoms with E-state index < -0.39 is 21.8 Å². The molecule has 202 valence electrons. The Morgan fingerprint density at radius 2 is 1.86 bits per heavy atom. The maximum Gasteiger partial charge on any atom is 0.410 e. The lowest BCUT2D eigenvalue weighted by molar-refractivity contribution is 0.0146. The van der Waals surface area contributed by atoms with E-state index in [0.29, 0.717) is 38.2 Å². The van der Waals surface area contributed by atoms with Crippen LogP contribution in [0.3, 0.4) is 0 Å². The van der Waals surface area contributed by atoms with Crippen LogP contribution >= 0.6 is 0 Å². The van der Waals surface area contributed by atoms with Crippen molar-refractivity contribution in [1.29, 1.82) is 0 Å². The van der Waals surface area contributed by atoms with Crippen molar-refractivity contribution in [3.63, 3.8) is 0 Å². The molecule has 37 heavy (non-hydrogen) atoms. The van der Waals surface area contributed by atoms with E-state index in [1.165, 1.54) is 0 Å². The minimum absolute atomic E-state index is 0.0478. The van der Waals surface area contributed by atoms with Crippen molar-refractivity contribution >= 4 is 27.5 Å². The summed E-state index contributed by atoms with van der Waals surface area (Å²) >= 11 is 0. The number of carbonyl (C=O) groups excluding carboxylic acids is 1. The Labute approximate surface area is 220 Å². The molecule has 2 atom stereocenters. The molecule has 2 aliphatic rings. The summed E-state index contributed by atoms with van der Waals surface area (Å²) in [6, 6.07) is 12.2. The van der Waals surface area contributed by atoms with Crippen LogP contribution in [0.4, 0.5) is 20.6 Å². The third-order valence-corrected chi connectivity index (χ3v) is 8.23. The number of hydrogen-bond acceptors (Lipinski definition) is 5. The van der Waals surface area contributed by atoms with Crippen LogP contribution in [0.5, 0.6) is 0 Å². The monoisotopic (exact) mass is 531 g/mol. The van der Waals surface area contributed by atoms with E-state index in [2.05, 4.69) is 4.72 Å². The molecule has 0 unspecified atom stereocenters. The molecule has 1 aliphatic heterocycles. The van der Waals surface area contributed by atoms with E-state index in [-0.39, 0.29) is 17.0 Å². The third kappa shape index (κ3) is 6.74. The summed E-state index contributed by atoms with van der Waals surface area (Å²) in [7, 11) is -3.76. The minimum Gasteiger partial charge on any atom is -0.444 e. The number of halogens is 1. The van der Waals surface area contributed by atoms with Crippen LogP contribution in [0, 0.1) is 0 Å². The van der Waals surface area contributed by atoms with Crippen LogP contribution < -0.4 is 9.62 Å². The lowest BCUT2D eigenvalue weighted by atomic mass is 9.87. The minimum atomic E-state index is -3.76. The van der Waals surface area contributed by atoms with E-state index in [0.717, 1.165) is 36.1 Å². The van der Waals surface area contributed by atoms with Gasteiger partial charge in [-0.1, -0.05) is 13.0 Å². The van der Waals surface area contributed by atoms with Gasteiger partial charge in [0.25, 0.3) is 10.0 Å². The van der Waals surface area contributed by atoms with Crippen molar-refractivity contribution < 1.29 is 22.3 Å². The summed E-state index contributed by atoms with van der Waals surface area (Å²) in [5, 5.41) is 0. The molecule has 1 N–H and O–H groups in total. The van der Waals surface area contributed by atoms with Gasteiger partial charge in [-0.25, -0.2) is 17.6 Å². The number of hydrogen-bond donors (Lipinski definition) is 1. The number of nitrogens with zero attached hydrogens (tertiary/aromatic N) is 2. The largest absolute Gasteiger partial charge is 0.444 e. The second-order valence-electron chi connectivity index (χ2n) is 11.0. The second kappa shape index (κ2) is 10.9. The average molecular weight is 532 g/mol. The standard InChI is InChI=1S/C28H38FN3O4S/c1-5-15-32(27(33)36-28(2,3)4)25-9-7-20-17-23(8-6-21(20)18-25)30-37(34,35)26-12-10-24(11-13-26)31-16-14-22(29)19-31/h6,8,10-13,17,22,25,30H,5,7,9,14-16,18-19H2,1-4H3/t22-,25+/m1/s1. The van der Waals surface area contributed by atoms with Crippen molar-refractivity contribution in [3.8, 4) is 0 Å². The first kappa shape index (κ1) is 27.2. The number of aryl methyl sites for hydroxylation is 1. The summed E-state index contributed by atoms with van der Waals surface area (Å²) in [6.07, 6.45) is 2.47. The molecule has 1 amide bonds. The van der Waals surface area contributed by atoms with Crippen molar-refractivity contribution in [2.75, 3.05) is 29.3 Å². The highest BCUT2D eigenvalue weighted by molar-refractivity contribution is 7.92. The smallest absolute Gasteiger partial charge is 0.410 e. The molecule has 1 aliphatic carbocycles. The van der Waals surface area contributed by atoms with Crippen molar-refractivity contribution in [3.05, 3.63) is 53.6 Å². The molecule has 7 nitrogen and oxygen atoms in total. The number of alkyl halides is 1. The number of sulfonamides is 1. The molecular weight excluding hydrogens is 493 g/mol. The first-order chi connectivity index (χ1) is 17.4. The van der Waals surface area contributed by atoms with E-state index in [4.69, 9.17) is 4.74 Å². The SMILES string of the molecule is CCCN(C(=O)OC(C)(C)C)[C@H]1CCc2cc(NS(=O)(=O)c3ccc(N4CC[C@@H](F)C4)cc3)ccc2C1. The highest BCUT2D eigenvalue weighted by Crippen LogP contribution is 2.30. The summed E-state index contributed by atoms with van der Waals surface area (Å²) < 4.78 is 47.9. The fraction of sp³-hybridized carbons (Fsp3) is 0.536. The first-order valence-electron chi connectivity index (χ1n) is 13.1. The molecular formula is C28H38FN3O4S. The Hall–Kier alpha value is -2.81. The Bertz CT molecular complexity index is 1210. The molecule has 4 rings (SSSR count). The van der Waals surface area contributed by atoms with Crippen LogP contribution in [0.15, 0.2) is 47.4 Å². The molecule has 0 bridgehead atoms. The quantitative estimate of drug-likeness (QED) is 0.508. The molecule has 0 spiro atoms. The van der Waals surface area contributed by atoms with Crippen LogP contribution in [0.1, 0.15) is 58.1 Å². The van der Waals surface area contributed by atoms with Gasteiger partial charge in [-0.05, 0) is 100 Å². The van der Waals surface area contributed by atoms with Crippen LogP contribution in [0.25, 0.3) is 0 Å². The normalized spacial score (nSPS) is 19.9. The number of rotatable bonds is 7. The van der Waals surface area contributed by atoms with Crippen molar-refractivity contribution in [2.24, 2.45) is 0 Å². The zero-order valence-corrected chi connectivity index (χ0v) is 23.0. The number of amides is 1. The van der Waals surface area contributed by atoms with Gasteiger partial charge in [-0.3, -0.25) is 4.72 Å². The molecule has 0 radical (unpaired) electrons. The van der Waals surface area contributed by atoms with Gasteiger partial charge in [0.05, 0.1) is 4.90 Å². The topological polar surface area (TPSA) is 79.0 Å². The van der Waals surface area contributed by atoms with Gasteiger partial charge in [0, 0.05) is 37.1 Å². The maximum atomic E-state index is 13.5. The highest BCUT2D eigenvalue weighted by atomic mass is 32.2. The lowest BCUT2D eigenvalue weighted by Crippen LogP contribution is -2.46. The summed E-state index contributed by atoms with van der Waals surface area (Å²) in [5.41, 5.74) is 2.99. The van der Waals surface area contributed by atoms with Gasteiger partial charge in [0.1, 0.15) is 11.8 Å². The van der Waals surface area contributed by atoms with Gasteiger partial charge in [0.15, 0.2) is 0 Å². The van der Waals surface area contributed by atoms with Gasteiger partial charge < -0.3 is 14.5 Å². The summed E-state index contributed by atoms with van der Waals surface area (Å²) in [6.45, 7) is 9.27. The van der Waals surface area contributed by atoms with E-state index >= 15 is 0 Å². The third-order valence-electron chi connectivity index (χ3n) is 6.84. The Morgan fingerprint density at radius 3 is 2.49 bits per heavy atom. The number of benzene rings is 2. The van der Waals surface area contributed by atoms with E-state index in [1.54, 1.807) is 30.3 Å². The molecule has 1 heterocycles. The predicted molar refractivity (Wildman–Crippen MR) is 144 cm³/mol. The molecule has 0 saturated carbocycles. The number of carbonyl (C=O) groups is 1. The molecule has 1 saturated heterocycles. The van der Waals surface area contributed by atoms with Crippen molar-refractivity contribution in [2.45, 2.75) is 82.5 Å². The Balaban J connectivity index is 1.43. The fourth-order valence-corrected chi connectivity index (χ4v) is 6.10. The summed E-state index contributed by atoms with van der Waals surface area (Å²) in [4.78, 5) is 16.8. The van der Waals surface area contributed by atoms with Gasteiger partial charge in [0.2, 0.25) is 0 Å². The number of fused-ring (bicyclic) bond motifs is 1. The Kier molecular flexibility index (Phi) is 8.02. The number of anilines is 2. The van der Waals surface area contributed by atoms with E-state index in [1.807, 2.05) is 49.6 Å². The maximum absolute atomic E-state index is 13.5. The van der Waals surface area contributed by atoms with Crippen LogP contribution in [0.2, 0.25) is 0 Å². The first-order valence-corrected chi connectivity index (χ1v) is 14.6. The molecule has 1 fully saturated rings. The predicted octanol–water partition coefficient (Wildman–Crippen LogP) is 5.54. The number of nitrogens with one attached hydrogen (secondary N) is 1. The van der Waals surface area contributed by atoms with Gasteiger partial charge in [-0.2, -0.15) is 0 Å². The van der Waals surface area contributed by atoms with Crippen LogP contribution in [-0.4, -0.2) is 56.9 Å². The Morgan fingerprint density at radius 1 is 1.14 bits per heavy atom. The second-order valence-corrected chi connectivity index (χ2v) is 12.7. The van der Waals surface area contributed by atoms with Crippen LogP contribution in [-0.2, 0) is 27.6 Å². The van der Waals surface area contributed by atoms with E-state index in [9.17, 15) is 17.6 Å². The molecule has 0 aromatic heterocycles. The average Bonchev–Trinajstić information content (AvgIpc) is 3.27. The fourth-order valence-electron chi connectivity index (χ4n) is 5.05. The summed E-state index contributed by atoms with van der Waals surface area (Å²) in [5.74, 6) is 0. The molecule has 9 heteroatoms.